The van der Waals surface area contributed by atoms with Crippen LogP contribution in [0.5, 0.6) is 0 Å². The third kappa shape index (κ3) is 3.57. The van der Waals surface area contributed by atoms with Crippen LogP contribution in [0.15, 0.2) is 24.3 Å². The second-order valence-electron chi connectivity index (χ2n) is 5.29. The first kappa shape index (κ1) is 14.5. The summed E-state index contributed by atoms with van der Waals surface area (Å²) in [6.45, 7) is 6.63. The first-order valence-electron chi connectivity index (χ1n) is 6.78. The Balaban J connectivity index is 2.00. The Bertz CT molecular complexity index is 506. The third-order valence-corrected chi connectivity index (χ3v) is 3.18. The normalized spacial score (nSPS) is 22.4. The molecule has 2 rings (SSSR count). The van der Waals surface area contributed by atoms with E-state index in [0.29, 0.717) is 18.8 Å². The number of amides is 2. The van der Waals surface area contributed by atoms with E-state index in [0.717, 1.165) is 5.56 Å². The zero-order chi connectivity index (χ0) is 14.7. The van der Waals surface area contributed by atoms with E-state index in [4.69, 9.17) is 4.74 Å². The van der Waals surface area contributed by atoms with Crippen LogP contribution in [0.4, 0.5) is 5.69 Å². The van der Waals surface area contributed by atoms with Crippen LogP contribution in [0.1, 0.15) is 19.4 Å². The highest BCUT2D eigenvalue weighted by Crippen LogP contribution is 2.13. The lowest BCUT2D eigenvalue weighted by atomic mass is 10.2. The summed E-state index contributed by atoms with van der Waals surface area (Å²) in [4.78, 5) is 25.7. The van der Waals surface area contributed by atoms with Crippen molar-refractivity contribution in [3.05, 3.63) is 29.8 Å². The molecule has 1 aliphatic heterocycles. The van der Waals surface area contributed by atoms with Crippen molar-refractivity contribution in [1.82, 2.24) is 4.90 Å². The van der Waals surface area contributed by atoms with Gasteiger partial charge in [0.05, 0.1) is 12.2 Å². The zero-order valence-corrected chi connectivity index (χ0v) is 12.1. The number of carbonyl (C=O) groups is 2. The number of nitrogens with zero attached hydrogens (tertiary/aromatic N) is 1. The standard InChI is InChI=1S/C15H20N2O3/c1-10-5-4-6-13(7-10)16-14(18)15(19)17-8-11(2)20-12(3)9-17/h4-7,11-12H,8-9H2,1-3H3,(H,16,18). The van der Waals surface area contributed by atoms with Gasteiger partial charge in [-0.15, -0.1) is 0 Å². The second kappa shape index (κ2) is 6.05. The van der Waals surface area contributed by atoms with Crippen molar-refractivity contribution in [3.63, 3.8) is 0 Å². The first-order valence-corrected chi connectivity index (χ1v) is 6.78. The van der Waals surface area contributed by atoms with Crippen molar-refractivity contribution in [3.8, 4) is 0 Å². The molecule has 2 amide bonds. The molecule has 108 valence electrons. The monoisotopic (exact) mass is 276 g/mol. The number of rotatable bonds is 1. The minimum absolute atomic E-state index is 0.0468. The maximum absolute atomic E-state index is 12.1. The molecule has 5 nitrogen and oxygen atoms in total. The van der Waals surface area contributed by atoms with E-state index in [1.807, 2.05) is 39.0 Å². The zero-order valence-electron chi connectivity index (χ0n) is 12.1. The van der Waals surface area contributed by atoms with Gasteiger partial charge in [0.2, 0.25) is 0 Å². The summed E-state index contributed by atoms with van der Waals surface area (Å²) in [6.07, 6.45) is -0.0936. The molecular formula is C15H20N2O3. The smallest absolute Gasteiger partial charge is 0.313 e. The number of morpholine rings is 1. The van der Waals surface area contributed by atoms with Gasteiger partial charge in [-0.1, -0.05) is 12.1 Å². The fourth-order valence-electron chi connectivity index (χ4n) is 2.39. The molecular weight excluding hydrogens is 256 g/mol. The maximum atomic E-state index is 12.1. The van der Waals surface area contributed by atoms with E-state index in [1.165, 1.54) is 0 Å². The van der Waals surface area contributed by atoms with Crippen LogP contribution in [0, 0.1) is 6.92 Å². The number of anilines is 1. The Kier molecular flexibility index (Phi) is 4.39. The molecule has 1 aromatic rings. The molecule has 5 heteroatoms. The van der Waals surface area contributed by atoms with Gasteiger partial charge >= 0.3 is 11.8 Å². The third-order valence-electron chi connectivity index (χ3n) is 3.18. The van der Waals surface area contributed by atoms with Crippen molar-refractivity contribution < 1.29 is 14.3 Å². The van der Waals surface area contributed by atoms with Gasteiger partial charge in [0.15, 0.2) is 0 Å². The van der Waals surface area contributed by atoms with E-state index in [1.54, 1.807) is 11.0 Å². The summed E-state index contributed by atoms with van der Waals surface area (Å²) in [5.74, 6) is -1.11. The van der Waals surface area contributed by atoms with E-state index in [2.05, 4.69) is 5.32 Å². The molecule has 0 spiro atoms. The van der Waals surface area contributed by atoms with Crippen molar-refractivity contribution in [2.24, 2.45) is 0 Å². The van der Waals surface area contributed by atoms with Crippen LogP contribution in [0.3, 0.4) is 0 Å². The summed E-state index contributed by atoms with van der Waals surface area (Å²) in [5, 5.41) is 2.64. The van der Waals surface area contributed by atoms with Crippen LogP contribution in [-0.2, 0) is 14.3 Å². The van der Waals surface area contributed by atoms with Crippen LogP contribution in [0.25, 0.3) is 0 Å². The highest BCUT2D eigenvalue weighted by atomic mass is 16.5. The van der Waals surface area contributed by atoms with Gasteiger partial charge in [0.1, 0.15) is 0 Å². The minimum Gasteiger partial charge on any atom is -0.372 e. The lowest BCUT2D eigenvalue weighted by Crippen LogP contribution is -2.51. The summed E-state index contributed by atoms with van der Waals surface area (Å²) in [7, 11) is 0. The predicted octanol–water partition coefficient (Wildman–Crippen LogP) is 1.57. The molecule has 0 radical (unpaired) electrons. The summed E-state index contributed by atoms with van der Waals surface area (Å²) >= 11 is 0. The summed E-state index contributed by atoms with van der Waals surface area (Å²) < 4.78 is 5.55. The van der Waals surface area contributed by atoms with E-state index in [9.17, 15) is 9.59 Å². The van der Waals surface area contributed by atoms with Gasteiger partial charge in [0, 0.05) is 18.8 Å². The van der Waals surface area contributed by atoms with Gasteiger partial charge in [0.25, 0.3) is 0 Å². The number of hydrogen-bond donors (Lipinski definition) is 1. The molecule has 2 atom stereocenters. The number of ether oxygens (including phenoxy) is 1. The quantitative estimate of drug-likeness (QED) is 0.792. The number of carbonyl (C=O) groups excluding carboxylic acids is 2. The molecule has 0 saturated carbocycles. The average molecular weight is 276 g/mol. The molecule has 1 fully saturated rings. The molecule has 1 aromatic carbocycles. The average Bonchev–Trinajstić information content (AvgIpc) is 2.36. The van der Waals surface area contributed by atoms with Gasteiger partial charge in [-0.3, -0.25) is 9.59 Å². The van der Waals surface area contributed by atoms with Crippen LogP contribution in [0.2, 0.25) is 0 Å². The fourth-order valence-corrected chi connectivity index (χ4v) is 2.39. The molecule has 2 unspecified atom stereocenters. The highest BCUT2D eigenvalue weighted by molar-refractivity contribution is 6.39. The van der Waals surface area contributed by atoms with Crippen molar-refractivity contribution in [2.75, 3.05) is 18.4 Å². The summed E-state index contributed by atoms with van der Waals surface area (Å²) in [5.41, 5.74) is 1.67. The Labute approximate surface area is 118 Å². The van der Waals surface area contributed by atoms with Gasteiger partial charge in [-0.25, -0.2) is 0 Å². The van der Waals surface area contributed by atoms with Crippen LogP contribution in [-0.4, -0.2) is 42.0 Å². The van der Waals surface area contributed by atoms with Crippen molar-refractivity contribution in [2.45, 2.75) is 33.0 Å². The van der Waals surface area contributed by atoms with E-state index >= 15 is 0 Å². The lowest BCUT2D eigenvalue weighted by molar-refractivity contribution is -0.151. The SMILES string of the molecule is Cc1cccc(NC(=O)C(=O)N2CC(C)OC(C)C2)c1. The Hall–Kier alpha value is -1.88. The van der Waals surface area contributed by atoms with Gasteiger partial charge < -0.3 is 15.0 Å². The number of aryl methyl sites for hydroxylation is 1. The molecule has 1 N–H and O–H groups in total. The van der Waals surface area contributed by atoms with Crippen LogP contribution < -0.4 is 5.32 Å². The lowest BCUT2D eigenvalue weighted by Gasteiger charge is -2.34. The molecule has 0 aliphatic carbocycles. The number of benzene rings is 1. The highest BCUT2D eigenvalue weighted by Gasteiger charge is 2.29. The topological polar surface area (TPSA) is 58.6 Å². The van der Waals surface area contributed by atoms with Crippen LogP contribution >= 0.6 is 0 Å². The second-order valence-corrected chi connectivity index (χ2v) is 5.29. The van der Waals surface area contributed by atoms with Gasteiger partial charge in [-0.2, -0.15) is 0 Å². The predicted molar refractivity (Wildman–Crippen MR) is 76.4 cm³/mol. The fraction of sp³-hybridized carbons (Fsp3) is 0.467. The number of nitrogens with one attached hydrogen (secondary N) is 1. The number of hydrogen-bond acceptors (Lipinski definition) is 3. The summed E-state index contributed by atoms with van der Waals surface area (Å²) in [6, 6.07) is 7.37. The molecule has 1 heterocycles. The first-order chi connectivity index (χ1) is 9.45. The Morgan fingerprint density at radius 2 is 1.90 bits per heavy atom. The largest absolute Gasteiger partial charge is 0.372 e. The maximum Gasteiger partial charge on any atom is 0.313 e. The minimum atomic E-state index is -0.600. The molecule has 20 heavy (non-hydrogen) atoms. The molecule has 0 aromatic heterocycles. The van der Waals surface area contributed by atoms with Crippen molar-refractivity contribution in [1.29, 1.82) is 0 Å². The van der Waals surface area contributed by atoms with Gasteiger partial charge in [-0.05, 0) is 38.5 Å². The Morgan fingerprint density at radius 1 is 1.25 bits per heavy atom. The Morgan fingerprint density at radius 3 is 2.50 bits per heavy atom. The molecule has 1 aliphatic rings. The van der Waals surface area contributed by atoms with Crippen molar-refractivity contribution >= 4 is 17.5 Å². The molecule has 1 saturated heterocycles. The molecule has 0 bridgehead atoms. The van der Waals surface area contributed by atoms with E-state index in [-0.39, 0.29) is 12.2 Å². The van der Waals surface area contributed by atoms with E-state index < -0.39 is 11.8 Å².